The zero-order valence-electron chi connectivity index (χ0n) is 24.9. The lowest BCUT2D eigenvalue weighted by Gasteiger charge is -2.27. The number of benzene rings is 2. The summed E-state index contributed by atoms with van der Waals surface area (Å²) < 4.78 is 26.5. The molecule has 10 heteroatoms. The third kappa shape index (κ3) is 9.31. The van der Waals surface area contributed by atoms with Gasteiger partial charge in [0.1, 0.15) is 11.3 Å². The largest absolute Gasteiger partial charge is 0.513 e. The highest BCUT2D eigenvalue weighted by Crippen LogP contribution is 2.35. The number of carbonyl (C=O) groups excluding carboxylic acids is 4. The van der Waals surface area contributed by atoms with E-state index in [1.165, 1.54) is 19.2 Å². The fraction of sp³-hybridized carbons (Fsp3) is 0.484. The van der Waals surface area contributed by atoms with Crippen LogP contribution in [0.5, 0.6) is 17.2 Å². The van der Waals surface area contributed by atoms with Crippen LogP contribution in [0, 0.1) is 10.8 Å². The van der Waals surface area contributed by atoms with Crippen LogP contribution in [-0.4, -0.2) is 43.3 Å². The first-order valence-corrected chi connectivity index (χ1v) is 13.5. The minimum atomic E-state index is -1.60. The van der Waals surface area contributed by atoms with Gasteiger partial charge in [0.15, 0.2) is 11.5 Å². The molecule has 2 rings (SSSR count). The SMILES string of the molecule is CCC(C)(C)C(=O)Oc1ccc(C[C@](N)(CCOC(=O)Oc2ccccc2)C(=O)OC)cc1OC(=O)C(C)(C)CC. The van der Waals surface area contributed by atoms with Gasteiger partial charge in [-0.2, -0.15) is 0 Å². The second kappa shape index (κ2) is 14.1. The molecule has 0 amide bonds. The number of esters is 3. The van der Waals surface area contributed by atoms with Gasteiger partial charge in [0.05, 0.1) is 24.5 Å². The summed E-state index contributed by atoms with van der Waals surface area (Å²) in [4.78, 5) is 50.5. The first kappa shape index (κ1) is 33.3. The lowest BCUT2D eigenvalue weighted by molar-refractivity contribution is -0.148. The van der Waals surface area contributed by atoms with E-state index in [1.54, 1.807) is 64.1 Å². The standard InChI is InChI=1S/C31H41NO9/c1-8-29(3,4)25(33)40-23-16-15-21(19-24(23)41-26(34)30(5,6)9-2)20-31(32,27(35)37-7)17-18-38-28(36)39-22-13-11-10-12-14-22/h10-16,19H,8-9,17-18,20,32H2,1-7H3/t31-/m1/s1. The molecular weight excluding hydrogens is 530 g/mol. The van der Waals surface area contributed by atoms with Gasteiger partial charge >= 0.3 is 24.1 Å². The summed E-state index contributed by atoms with van der Waals surface area (Å²) in [6.07, 6.45) is -0.0458. The maximum absolute atomic E-state index is 12.9. The van der Waals surface area contributed by atoms with Crippen molar-refractivity contribution in [2.75, 3.05) is 13.7 Å². The van der Waals surface area contributed by atoms with Crippen molar-refractivity contribution in [1.29, 1.82) is 0 Å². The van der Waals surface area contributed by atoms with Gasteiger partial charge in [-0.05, 0) is 70.4 Å². The Bertz CT molecular complexity index is 1220. The van der Waals surface area contributed by atoms with Crippen molar-refractivity contribution in [2.24, 2.45) is 16.6 Å². The Morgan fingerprint density at radius 3 is 1.85 bits per heavy atom. The van der Waals surface area contributed by atoms with E-state index in [4.69, 9.17) is 29.4 Å². The van der Waals surface area contributed by atoms with Gasteiger partial charge in [-0.25, -0.2) is 4.79 Å². The van der Waals surface area contributed by atoms with Crippen molar-refractivity contribution < 1.29 is 42.9 Å². The van der Waals surface area contributed by atoms with Crippen LogP contribution in [-0.2, 0) is 30.3 Å². The molecule has 41 heavy (non-hydrogen) atoms. The van der Waals surface area contributed by atoms with Crippen LogP contribution in [0.3, 0.4) is 0 Å². The van der Waals surface area contributed by atoms with Crippen molar-refractivity contribution in [3.05, 3.63) is 54.1 Å². The van der Waals surface area contributed by atoms with Crippen LogP contribution in [0.1, 0.15) is 66.4 Å². The number of methoxy groups -OCH3 is 1. The van der Waals surface area contributed by atoms with Gasteiger partial charge in [-0.15, -0.1) is 0 Å². The molecule has 10 nitrogen and oxygen atoms in total. The highest BCUT2D eigenvalue weighted by molar-refractivity contribution is 5.82. The number of para-hydroxylation sites is 1. The minimum absolute atomic E-state index is 0.0178. The van der Waals surface area contributed by atoms with E-state index < -0.39 is 40.4 Å². The first-order valence-electron chi connectivity index (χ1n) is 13.5. The molecule has 224 valence electrons. The Labute approximate surface area is 241 Å². The third-order valence-corrected chi connectivity index (χ3v) is 7.11. The normalized spacial score (nSPS) is 13.0. The second-order valence-electron chi connectivity index (χ2n) is 11.1. The van der Waals surface area contributed by atoms with Crippen LogP contribution in [0.15, 0.2) is 48.5 Å². The Hall–Kier alpha value is -3.92. The quantitative estimate of drug-likeness (QED) is 0.189. The van der Waals surface area contributed by atoms with Gasteiger partial charge in [0, 0.05) is 12.8 Å². The number of hydrogen-bond donors (Lipinski definition) is 1. The molecule has 0 aliphatic carbocycles. The Morgan fingerprint density at radius 1 is 0.756 bits per heavy atom. The van der Waals surface area contributed by atoms with Gasteiger partial charge in [-0.1, -0.05) is 38.1 Å². The average molecular weight is 572 g/mol. The van der Waals surface area contributed by atoms with Crippen LogP contribution in [0.25, 0.3) is 0 Å². The molecule has 0 aliphatic heterocycles. The lowest BCUT2D eigenvalue weighted by Crippen LogP contribution is -2.51. The smallest absolute Gasteiger partial charge is 0.468 e. The number of ether oxygens (including phenoxy) is 5. The Morgan fingerprint density at radius 2 is 1.32 bits per heavy atom. The van der Waals surface area contributed by atoms with Crippen molar-refractivity contribution in [3.63, 3.8) is 0 Å². The third-order valence-electron chi connectivity index (χ3n) is 7.11. The molecule has 0 fully saturated rings. The van der Waals surface area contributed by atoms with Gasteiger partial charge in [0.2, 0.25) is 0 Å². The molecule has 0 saturated carbocycles. The molecule has 0 bridgehead atoms. The van der Waals surface area contributed by atoms with E-state index in [2.05, 4.69) is 0 Å². The van der Waals surface area contributed by atoms with E-state index >= 15 is 0 Å². The monoisotopic (exact) mass is 571 g/mol. The van der Waals surface area contributed by atoms with Crippen LogP contribution >= 0.6 is 0 Å². The minimum Gasteiger partial charge on any atom is -0.468 e. The van der Waals surface area contributed by atoms with Crippen molar-refractivity contribution in [1.82, 2.24) is 0 Å². The topological polar surface area (TPSA) is 140 Å². The molecule has 0 aliphatic rings. The van der Waals surface area contributed by atoms with Crippen molar-refractivity contribution in [3.8, 4) is 17.2 Å². The first-order chi connectivity index (χ1) is 19.2. The molecule has 0 aromatic heterocycles. The fourth-order valence-corrected chi connectivity index (χ4v) is 3.35. The van der Waals surface area contributed by atoms with Gasteiger partial charge < -0.3 is 29.4 Å². The van der Waals surface area contributed by atoms with Crippen molar-refractivity contribution in [2.45, 2.75) is 72.8 Å². The van der Waals surface area contributed by atoms with Gasteiger partial charge in [-0.3, -0.25) is 14.4 Å². The molecule has 2 aromatic rings. The van der Waals surface area contributed by atoms with Crippen LogP contribution in [0.4, 0.5) is 4.79 Å². The van der Waals surface area contributed by atoms with E-state index in [1.807, 2.05) is 13.8 Å². The van der Waals surface area contributed by atoms with Crippen LogP contribution < -0.4 is 19.9 Å². The number of rotatable bonds is 13. The predicted molar refractivity (Wildman–Crippen MR) is 152 cm³/mol. The molecule has 2 aromatic carbocycles. The number of hydrogen-bond acceptors (Lipinski definition) is 10. The summed E-state index contributed by atoms with van der Waals surface area (Å²) in [7, 11) is 1.20. The molecule has 0 spiro atoms. The molecular formula is C31H41NO9. The van der Waals surface area contributed by atoms with E-state index in [0.29, 0.717) is 24.2 Å². The van der Waals surface area contributed by atoms with Crippen molar-refractivity contribution >= 4 is 24.1 Å². The molecule has 0 saturated heterocycles. The Balaban J connectivity index is 2.29. The van der Waals surface area contributed by atoms with E-state index in [0.717, 1.165) is 0 Å². The number of carbonyl (C=O) groups is 4. The molecule has 0 radical (unpaired) electrons. The maximum atomic E-state index is 12.9. The second-order valence-corrected chi connectivity index (χ2v) is 11.1. The van der Waals surface area contributed by atoms with E-state index in [9.17, 15) is 19.2 Å². The fourth-order valence-electron chi connectivity index (χ4n) is 3.35. The zero-order chi connectivity index (χ0) is 30.8. The van der Waals surface area contributed by atoms with E-state index in [-0.39, 0.29) is 30.9 Å². The summed E-state index contributed by atoms with van der Waals surface area (Å²) in [5.41, 5.74) is 3.79. The summed E-state index contributed by atoms with van der Waals surface area (Å²) in [6, 6.07) is 13.0. The zero-order valence-corrected chi connectivity index (χ0v) is 24.9. The molecule has 0 unspecified atom stereocenters. The molecule has 2 N–H and O–H groups in total. The summed E-state index contributed by atoms with van der Waals surface area (Å²) >= 11 is 0. The Kier molecular flexibility index (Phi) is 11.5. The summed E-state index contributed by atoms with van der Waals surface area (Å²) in [5, 5.41) is 0. The highest BCUT2D eigenvalue weighted by atomic mass is 16.7. The summed E-state index contributed by atoms with van der Waals surface area (Å²) in [5.74, 6) is -1.34. The molecule has 0 heterocycles. The van der Waals surface area contributed by atoms with Crippen LogP contribution in [0.2, 0.25) is 0 Å². The molecule has 1 atom stereocenters. The van der Waals surface area contributed by atoms with Gasteiger partial charge in [0.25, 0.3) is 0 Å². The highest BCUT2D eigenvalue weighted by Gasteiger charge is 2.37. The number of nitrogens with two attached hydrogens (primary N) is 1. The summed E-state index contributed by atoms with van der Waals surface area (Å²) in [6.45, 7) is 10.5. The predicted octanol–water partition coefficient (Wildman–Crippen LogP) is 5.39. The maximum Gasteiger partial charge on any atom is 0.513 e. The lowest BCUT2D eigenvalue weighted by atomic mass is 9.88. The average Bonchev–Trinajstić information content (AvgIpc) is 2.94.